The van der Waals surface area contributed by atoms with Gasteiger partial charge in [-0.3, -0.25) is 0 Å². The molecule has 2 rings (SSSR count). The molecule has 0 unspecified atom stereocenters. The lowest BCUT2D eigenvalue weighted by molar-refractivity contribution is 0.480. The number of rotatable bonds is 6. The van der Waals surface area contributed by atoms with Gasteiger partial charge in [-0.15, -0.1) is 0 Å². The van der Waals surface area contributed by atoms with Crippen molar-refractivity contribution < 1.29 is 0 Å². The van der Waals surface area contributed by atoms with Gasteiger partial charge in [0.25, 0.3) is 0 Å². The molecule has 0 aliphatic rings. The third-order valence-electron chi connectivity index (χ3n) is 4.60. The van der Waals surface area contributed by atoms with E-state index in [0.717, 1.165) is 5.92 Å². The van der Waals surface area contributed by atoms with Crippen LogP contribution in [0.4, 0.5) is 0 Å². The maximum Gasteiger partial charge on any atom is -0.0225 e. The highest BCUT2D eigenvalue weighted by Gasteiger charge is 1.98. The molecule has 136 valence electrons. The summed E-state index contributed by atoms with van der Waals surface area (Å²) in [6, 6.07) is 17.1. The topological polar surface area (TPSA) is 0 Å². The van der Waals surface area contributed by atoms with Crippen LogP contribution >= 0.6 is 0 Å². The second kappa shape index (κ2) is 11.7. The van der Waals surface area contributed by atoms with Crippen LogP contribution in [0.5, 0.6) is 0 Å². The lowest BCUT2D eigenvalue weighted by atomic mass is 10.0. The minimum atomic E-state index is 0.963. The van der Waals surface area contributed by atoms with Gasteiger partial charge in [-0.2, -0.15) is 0 Å². The summed E-state index contributed by atoms with van der Waals surface area (Å²) < 4.78 is 0. The standard InChI is InChI=1S/C17H18.C8H18/c1-13-7-6-10-16(11-13)15(3)12-17-9-5-4-8-14(17)2;1-4-6-8(3)7-5-2/h4-12H,1-3H3;8H,4-7H2,1-3H3/b15-12+;. The quantitative estimate of drug-likeness (QED) is 0.467. The van der Waals surface area contributed by atoms with Crippen molar-refractivity contribution in [3.63, 3.8) is 0 Å². The molecular formula is C25H36. The summed E-state index contributed by atoms with van der Waals surface area (Å²) in [4.78, 5) is 0. The second-order valence-electron chi connectivity index (χ2n) is 7.24. The van der Waals surface area contributed by atoms with Crippen LogP contribution in [-0.2, 0) is 0 Å². The van der Waals surface area contributed by atoms with Crippen LogP contribution < -0.4 is 0 Å². The molecule has 0 saturated heterocycles. The summed E-state index contributed by atoms with van der Waals surface area (Å²) in [5, 5.41) is 0. The van der Waals surface area contributed by atoms with Crippen molar-refractivity contribution in [3.05, 3.63) is 70.8 Å². The van der Waals surface area contributed by atoms with Crippen molar-refractivity contribution >= 4 is 11.6 Å². The highest BCUT2D eigenvalue weighted by Crippen LogP contribution is 2.20. The van der Waals surface area contributed by atoms with Crippen LogP contribution in [0.15, 0.2) is 48.5 Å². The van der Waals surface area contributed by atoms with E-state index in [9.17, 15) is 0 Å². The first kappa shape index (κ1) is 21.2. The number of allylic oxidation sites excluding steroid dienone is 1. The summed E-state index contributed by atoms with van der Waals surface area (Å²) in [7, 11) is 0. The van der Waals surface area contributed by atoms with Crippen LogP contribution in [-0.4, -0.2) is 0 Å². The first-order chi connectivity index (χ1) is 12.0. The lowest BCUT2D eigenvalue weighted by Gasteiger charge is -2.05. The van der Waals surface area contributed by atoms with Crippen molar-refractivity contribution in [2.75, 3.05) is 0 Å². The van der Waals surface area contributed by atoms with E-state index in [1.807, 2.05) is 0 Å². The van der Waals surface area contributed by atoms with Gasteiger partial charge in [0.2, 0.25) is 0 Å². The predicted molar refractivity (Wildman–Crippen MR) is 115 cm³/mol. The first-order valence-electron chi connectivity index (χ1n) is 9.78. The van der Waals surface area contributed by atoms with Crippen molar-refractivity contribution in [3.8, 4) is 0 Å². The number of aryl methyl sites for hydroxylation is 2. The summed E-state index contributed by atoms with van der Waals surface area (Å²) in [6.07, 6.45) is 7.77. The molecule has 2 aromatic carbocycles. The van der Waals surface area contributed by atoms with E-state index in [4.69, 9.17) is 0 Å². The van der Waals surface area contributed by atoms with Crippen LogP contribution in [0.3, 0.4) is 0 Å². The molecule has 0 aliphatic carbocycles. The normalized spacial score (nSPS) is 11.2. The largest absolute Gasteiger partial charge is 0.0654 e. The fourth-order valence-electron chi connectivity index (χ4n) is 3.09. The Bertz CT molecular complexity index is 643. The number of benzene rings is 2. The van der Waals surface area contributed by atoms with Crippen LogP contribution in [0.25, 0.3) is 11.6 Å². The zero-order chi connectivity index (χ0) is 18.7. The number of hydrogen-bond acceptors (Lipinski definition) is 0. The van der Waals surface area contributed by atoms with Crippen LogP contribution in [0.2, 0.25) is 0 Å². The zero-order valence-corrected chi connectivity index (χ0v) is 17.1. The highest BCUT2D eigenvalue weighted by atomic mass is 14.0. The Balaban J connectivity index is 0.000000333. The fourth-order valence-corrected chi connectivity index (χ4v) is 3.09. The van der Waals surface area contributed by atoms with Gasteiger partial charge in [0.15, 0.2) is 0 Å². The minimum Gasteiger partial charge on any atom is -0.0654 e. The Kier molecular flexibility index (Phi) is 9.92. The molecule has 0 amide bonds. The molecule has 0 fully saturated rings. The number of hydrogen-bond donors (Lipinski definition) is 0. The van der Waals surface area contributed by atoms with Gasteiger partial charge >= 0.3 is 0 Å². The van der Waals surface area contributed by atoms with Gasteiger partial charge in [0.1, 0.15) is 0 Å². The van der Waals surface area contributed by atoms with Gasteiger partial charge in [0.05, 0.1) is 0 Å². The maximum atomic E-state index is 2.34. The Morgan fingerprint density at radius 2 is 1.56 bits per heavy atom. The van der Waals surface area contributed by atoms with E-state index in [0.29, 0.717) is 0 Å². The van der Waals surface area contributed by atoms with E-state index in [1.54, 1.807) is 0 Å². The van der Waals surface area contributed by atoms with Gasteiger partial charge in [-0.05, 0) is 49.0 Å². The molecular weight excluding hydrogens is 300 g/mol. The van der Waals surface area contributed by atoms with Crippen LogP contribution in [0.1, 0.15) is 75.6 Å². The predicted octanol–water partition coefficient (Wildman–Crippen LogP) is 8.09. The van der Waals surface area contributed by atoms with Crippen molar-refractivity contribution in [2.24, 2.45) is 5.92 Å². The van der Waals surface area contributed by atoms with E-state index >= 15 is 0 Å². The van der Waals surface area contributed by atoms with E-state index in [2.05, 4.69) is 96.1 Å². The van der Waals surface area contributed by atoms with Gasteiger partial charge in [-0.1, -0.05) is 107 Å². The van der Waals surface area contributed by atoms with Gasteiger partial charge < -0.3 is 0 Å². The van der Waals surface area contributed by atoms with E-state index in [1.165, 1.54) is 53.5 Å². The first-order valence-corrected chi connectivity index (χ1v) is 9.78. The molecule has 0 atom stereocenters. The molecule has 0 radical (unpaired) electrons. The smallest absolute Gasteiger partial charge is 0.0225 e. The Hall–Kier alpha value is -1.82. The van der Waals surface area contributed by atoms with Crippen molar-refractivity contribution in [1.29, 1.82) is 0 Å². The molecule has 0 aliphatic heterocycles. The summed E-state index contributed by atoms with van der Waals surface area (Å²) >= 11 is 0. The third kappa shape index (κ3) is 8.20. The van der Waals surface area contributed by atoms with Gasteiger partial charge in [0, 0.05) is 0 Å². The molecule has 0 saturated carbocycles. The zero-order valence-electron chi connectivity index (χ0n) is 17.1. The molecule has 25 heavy (non-hydrogen) atoms. The second-order valence-corrected chi connectivity index (χ2v) is 7.24. The monoisotopic (exact) mass is 336 g/mol. The molecule has 0 N–H and O–H groups in total. The van der Waals surface area contributed by atoms with Gasteiger partial charge in [-0.25, -0.2) is 0 Å². The SMILES string of the molecule is C/C(=C\c1ccccc1C)c1cccc(C)c1.CCCC(C)CCC. The minimum absolute atomic E-state index is 0.963. The fraction of sp³-hybridized carbons (Fsp3) is 0.440. The third-order valence-corrected chi connectivity index (χ3v) is 4.60. The summed E-state index contributed by atoms with van der Waals surface area (Å²) in [5.41, 5.74) is 6.53. The molecule has 0 nitrogen and oxygen atoms in total. The molecule has 2 aromatic rings. The Labute approximate surface area is 156 Å². The Morgan fingerprint density at radius 3 is 2.12 bits per heavy atom. The molecule has 0 bridgehead atoms. The van der Waals surface area contributed by atoms with E-state index < -0.39 is 0 Å². The molecule has 0 spiro atoms. The lowest BCUT2D eigenvalue weighted by Crippen LogP contribution is -1.91. The average Bonchev–Trinajstić information content (AvgIpc) is 2.58. The van der Waals surface area contributed by atoms with Crippen molar-refractivity contribution in [1.82, 2.24) is 0 Å². The molecule has 0 heteroatoms. The average molecular weight is 337 g/mol. The van der Waals surface area contributed by atoms with Crippen LogP contribution in [0, 0.1) is 19.8 Å². The summed E-state index contributed by atoms with van der Waals surface area (Å²) in [6.45, 7) is 13.3. The van der Waals surface area contributed by atoms with E-state index in [-0.39, 0.29) is 0 Å². The summed E-state index contributed by atoms with van der Waals surface area (Å²) in [5.74, 6) is 0.963. The molecule has 0 aromatic heterocycles. The molecule has 0 heterocycles. The maximum absolute atomic E-state index is 2.34. The van der Waals surface area contributed by atoms with Crippen molar-refractivity contribution in [2.45, 2.75) is 67.2 Å². The Morgan fingerprint density at radius 1 is 0.920 bits per heavy atom. The highest BCUT2D eigenvalue weighted by molar-refractivity contribution is 5.81.